The largest absolute Gasteiger partial charge is 0.493 e. The molecule has 0 heterocycles. The van der Waals surface area contributed by atoms with Gasteiger partial charge in [0.1, 0.15) is 11.9 Å². The van der Waals surface area contributed by atoms with E-state index in [0.717, 1.165) is 11.1 Å². The van der Waals surface area contributed by atoms with Crippen molar-refractivity contribution in [3.63, 3.8) is 0 Å². The zero-order valence-electron chi connectivity index (χ0n) is 24.0. The van der Waals surface area contributed by atoms with Crippen LogP contribution in [-0.4, -0.2) is 58.5 Å². The van der Waals surface area contributed by atoms with Crippen molar-refractivity contribution in [3.8, 4) is 28.7 Å². The molecule has 0 spiro atoms. The van der Waals surface area contributed by atoms with Gasteiger partial charge in [-0.2, -0.15) is 0 Å². The van der Waals surface area contributed by atoms with Gasteiger partial charge in [0.05, 0.1) is 28.4 Å². The Morgan fingerprint density at radius 1 is 0.829 bits per heavy atom. The number of hydrogen-bond acceptors (Lipinski definition) is 8. The van der Waals surface area contributed by atoms with E-state index in [1.807, 2.05) is 30.4 Å². The van der Waals surface area contributed by atoms with Gasteiger partial charge in [-0.25, -0.2) is 5.09 Å². The summed E-state index contributed by atoms with van der Waals surface area (Å²) in [5.74, 6) is 0.778. The predicted molar refractivity (Wildman–Crippen MR) is 157 cm³/mol. The van der Waals surface area contributed by atoms with Crippen LogP contribution in [0.1, 0.15) is 23.6 Å². The molecule has 0 aromatic heterocycles. The second kappa shape index (κ2) is 14.1. The van der Waals surface area contributed by atoms with Crippen LogP contribution in [0.5, 0.6) is 28.7 Å². The third kappa shape index (κ3) is 8.04. The molecule has 3 rings (SSSR count). The zero-order chi connectivity index (χ0) is 30.0. The molecule has 0 bridgehead atoms. The molecular formula is C30H36NO9P. The summed E-state index contributed by atoms with van der Waals surface area (Å²) < 4.78 is 46.9. The van der Waals surface area contributed by atoms with Crippen molar-refractivity contribution in [2.75, 3.05) is 41.9 Å². The molecule has 2 atom stereocenters. The molecule has 0 aliphatic rings. The Balaban J connectivity index is 1.94. The Bertz CT molecular complexity index is 1390. The number of ether oxygens (including phenoxy) is 5. The average molecular weight is 586 g/mol. The molecule has 41 heavy (non-hydrogen) atoms. The van der Waals surface area contributed by atoms with Crippen molar-refractivity contribution in [3.05, 3.63) is 77.4 Å². The predicted octanol–water partition coefficient (Wildman–Crippen LogP) is 5.74. The quantitative estimate of drug-likeness (QED) is 0.169. The third-order valence-electron chi connectivity index (χ3n) is 6.18. The number of carboxylic acid groups (broad SMARTS) is 1. The SMILES string of the molecule is COCP(=O)(NC(C)(Cc1ccccc1)C(=O)O)Oc1cc(/C=C\c2cc(OC)c(OC)c(OC)c2)ccc1OC. The number of nitrogens with one attached hydrogen (secondary N) is 1. The molecule has 0 radical (unpaired) electrons. The first-order valence-electron chi connectivity index (χ1n) is 12.6. The van der Waals surface area contributed by atoms with Gasteiger partial charge in [0.15, 0.2) is 23.0 Å². The summed E-state index contributed by atoms with van der Waals surface area (Å²) in [6.07, 6.45) is 3.34. The minimum atomic E-state index is -3.93. The van der Waals surface area contributed by atoms with Gasteiger partial charge in [0.25, 0.3) is 0 Å². The Morgan fingerprint density at radius 2 is 1.41 bits per heavy atom. The van der Waals surface area contributed by atoms with Gasteiger partial charge in [-0.1, -0.05) is 48.6 Å². The lowest BCUT2D eigenvalue weighted by Crippen LogP contribution is -2.50. The van der Waals surface area contributed by atoms with E-state index in [-0.39, 0.29) is 18.5 Å². The van der Waals surface area contributed by atoms with E-state index in [0.29, 0.717) is 28.6 Å². The fourth-order valence-corrected chi connectivity index (χ4v) is 6.10. The normalized spacial score (nSPS) is 14.1. The fourth-order valence-electron chi connectivity index (χ4n) is 4.21. The minimum absolute atomic E-state index is 0.0644. The topological polar surface area (TPSA) is 122 Å². The first-order chi connectivity index (χ1) is 19.6. The standard InChI is InChI=1S/C30H36NO9P/c1-30(29(32)33,19-22-10-8-7-9-11-22)31-41(34,20-35-2)40-25-16-21(14-15-24(25)36-3)12-13-23-17-26(37-4)28(39-6)27(18-23)38-5/h7-18H,19-20H2,1-6H3,(H,31,34)(H,32,33)/b13-12-. The molecule has 0 amide bonds. The summed E-state index contributed by atoms with van der Waals surface area (Å²) in [6, 6.07) is 17.8. The van der Waals surface area contributed by atoms with Crippen LogP contribution in [0, 0.1) is 0 Å². The van der Waals surface area contributed by atoms with Gasteiger partial charge in [0.2, 0.25) is 5.75 Å². The Morgan fingerprint density at radius 3 is 1.95 bits per heavy atom. The molecule has 3 aromatic rings. The lowest BCUT2D eigenvalue weighted by molar-refractivity contribution is -0.143. The van der Waals surface area contributed by atoms with Crippen molar-refractivity contribution >= 4 is 25.6 Å². The lowest BCUT2D eigenvalue weighted by atomic mass is 9.94. The van der Waals surface area contributed by atoms with Crippen LogP contribution in [0.15, 0.2) is 60.7 Å². The molecule has 0 saturated heterocycles. The van der Waals surface area contributed by atoms with Crippen LogP contribution in [-0.2, 0) is 20.5 Å². The van der Waals surface area contributed by atoms with E-state index in [1.54, 1.807) is 56.7 Å². The third-order valence-corrected chi connectivity index (χ3v) is 8.10. The first kappa shape index (κ1) is 31.5. The van der Waals surface area contributed by atoms with Crippen molar-refractivity contribution in [1.29, 1.82) is 0 Å². The van der Waals surface area contributed by atoms with E-state index in [2.05, 4.69) is 5.09 Å². The number of carbonyl (C=O) groups is 1. The Hall–Kier alpha value is -3.98. The summed E-state index contributed by atoms with van der Waals surface area (Å²) >= 11 is 0. The summed E-state index contributed by atoms with van der Waals surface area (Å²) in [4.78, 5) is 12.3. The summed E-state index contributed by atoms with van der Waals surface area (Å²) in [7, 11) is 3.51. The summed E-state index contributed by atoms with van der Waals surface area (Å²) in [5.41, 5.74) is 0.615. The molecule has 220 valence electrons. The van der Waals surface area contributed by atoms with Crippen LogP contribution in [0.3, 0.4) is 0 Å². The maximum absolute atomic E-state index is 14.0. The number of aliphatic carboxylic acids is 1. The maximum atomic E-state index is 14.0. The molecule has 0 fully saturated rings. The highest BCUT2D eigenvalue weighted by Gasteiger charge is 2.42. The van der Waals surface area contributed by atoms with Crippen LogP contribution in [0.25, 0.3) is 12.2 Å². The second-order valence-corrected chi connectivity index (χ2v) is 11.3. The molecular weight excluding hydrogens is 549 g/mol. The highest BCUT2D eigenvalue weighted by atomic mass is 31.2. The average Bonchev–Trinajstić information content (AvgIpc) is 2.95. The van der Waals surface area contributed by atoms with Crippen molar-refractivity contribution in [1.82, 2.24) is 5.09 Å². The highest BCUT2D eigenvalue weighted by molar-refractivity contribution is 7.57. The smallest absolute Gasteiger partial charge is 0.343 e. The van der Waals surface area contributed by atoms with Gasteiger partial charge in [0, 0.05) is 13.5 Å². The Labute approximate surface area is 240 Å². The van der Waals surface area contributed by atoms with E-state index in [4.69, 9.17) is 28.2 Å². The van der Waals surface area contributed by atoms with Crippen LogP contribution >= 0.6 is 7.52 Å². The second-order valence-electron chi connectivity index (χ2n) is 9.30. The number of hydrogen-bond donors (Lipinski definition) is 2. The highest BCUT2D eigenvalue weighted by Crippen LogP contribution is 2.48. The summed E-state index contributed by atoms with van der Waals surface area (Å²) in [6.45, 7) is 1.46. The molecule has 2 unspecified atom stereocenters. The minimum Gasteiger partial charge on any atom is -0.493 e. The van der Waals surface area contributed by atoms with Crippen LogP contribution < -0.4 is 28.6 Å². The number of rotatable bonds is 15. The van der Waals surface area contributed by atoms with E-state index < -0.39 is 19.0 Å². The van der Waals surface area contributed by atoms with Crippen LogP contribution in [0.4, 0.5) is 0 Å². The fraction of sp³-hybridized carbons (Fsp3) is 0.300. The molecule has 10 nitrogen and oxygen atoms in total. The molecule has 11 heteroatoms. The van der Waals surface area contributed by atoms with E-state index in [9.17, 15) is 14.5 Å². The van der Waals surface area contributed by atoms with Gasteiger partial charge >= 0.3 is 13.5 Å². The lowest BCUT2D eigenvalue weighted by Gasteiger charge is -2.31. The molecule has 3 aromatic carbocycles. The van der Waals surface area contributed by atoms with Gasteiger partial charge in [-0.05, 0) is 47.9 Å². The van der Waals surface area contributed by atoms with Crippen molar-refractivity contribution < 1.29 is 42.7 Å². The number of carboxylic acids is 1. The van der Waals surface area contributed by atoms with Gasteiger partial charge < -0.3 is 33.3 Å². The van der Waals surface area contributed by atoms with Crippen molar-refractivity contribution in [2.24, 2.45) is 0 Å². The van der Waals surface area contributed by atoms with E-state index >= 15 is 0 Å². The molecule has 0 aliphatic carbocycles. The maximum Gasteiger partial charge on any atom is 0.343 e. The molecule has 2 N–H and O–H groups in total. The molecule has 0 aliphatic heterocycles. The molecule has 0 saturated carbocycles. The summed E-state index contributed by atoms with van der Waals surface area (Å²) in [5, 5.41) is 12.8. The zero-order valence-corrected chi connectivity index (χ0v) is 24.9. The van der Waals surface area contributed by atoms with Gasteiger partial charge in [-0.3, -0.25) is 9.36 Å². The number of benzene rings is 3. The first-order valence-corrected chi connectivity index (χ1v) is 14.4. The Kier molecular flexibility index (Phi) is 10.8. The number of methoxy groups -OCH3 is 5. The monoisotopic (exact) mass is 585 g/mol. The van der Waals surface area contributed by atoms with E-state index in [1.165, 1.54) is 28.3 Å². The van der Waals surface area contributed by atoms with Crippen molar-refractivity contribution in [2.45, 2.75) is 18.9 Å². The van der Waals surface area contributed by atoms with Gasteiger partial charge in [-0.15, -0.1) is 0 Å². The van der Waals surface area contributed by atoms with Crippen LogP contribution in [0.2, 0.25) is 0 Å².